The summed E-state index contributed by atoms with van der Waals surface area (Å²) in [5.74, 6) is 0.631. The van der Waals surface area contributed by atoms with E-state index in [1.165, 1.54) is 12.8 Å². The molecule has 1 N–H and O–H groups in total. The van der Waals surface area contributed by atoms with Gasteiger partial charge < -0.3 is 0 Å². The molecule has 0 unspecified atom stereocenters. The Bertz CT molecular complexity index is 459. The van der Waals surface area contributed by atoms with Gasteiger partial charge in [0.25, 0.3) is 0 Å². The normalized spacial score (nSPS) is 16.7. The Morgan fingerprint density at radius 1 is 1.46 bits per heavy atom. The number of aromatic amines is 1. The molecule has 1 fully saturated rings. The molecule has 13 heavy (non-hydrogen) atoms. The predicted molar refractivity (Wildman–Crippen MR) is 50.9 cm³/mol. The van der Waals surface area contributed by atoms with Crippen LogP contribution in [0.3, 0.4) is 0 Å². The van der Waals surface area contributed by atoms with Crippen LogP contribution in [0.2, 0.25) is 5.02 Å². The fourth-order valence-corrected chi connectivity index (χ4v) is 1.84. The molecule has 2 aromatic heterocycles. The molecule has 0 bridgehead atoms. The van der Waals surface area contributed by atoms with Crippen LogP contribution in [0.4, 0.5) is 0 Å². The van der Waals surface area contributed by atoms with Gasteiger partial charge in [0.1, 0.15) is 0 Å². The van der Waals surface area contributed by atoms with E-state index in [9.17, 15) is 0 Å². The van der Waals surface area contributed by atoms with E-state index in [1.807, 2.05) is 6.07 Å². The molecule has 0 atom stereocenters. The molecule has 0 aromatic carbocycles. The predicted octanol–water partition coefficient (Wildman–Crippen LogP) is 2.49. The van der Waals surface area contributed by atoms with Crippen molar-refractivity contribution in [3.05, 3.63) is 23.0 Å². The van der Waals surface area contributed by atoms with Gasteiger partial charge in [-0.25, -0.2) is 4.98 Å². The SMILES string of the molecule is Clc1ccnc2n[nH]c(C3CC3)c12. The monoisotopic (exact) mass is 193 g/mol. The molecule has 2 aromatic rings. The number of rotatable bonds is 1. The van der Waals surface area contributed by atoms with E-state index in [2.05, 4.69) is 15.2 Å². The lowest BCUT2D eigenvalue weighted by Crippen LogP contribution is -1.80. The maximum atomic E-state index is 6.08. The molecule has 3 nitrogen and oxygen atoms in total. The smallest absolute Gasteiger partial charge is 0.182 e. The van der Waals surface area contributed by atoms with Crippen molar-refractivity contribution in [3.8, 4) is 0 Å². The molecule has 1 aliphatic carbocycles. The zero-order valence-corrected chi connectivity index (χ0v) is 7.67. The lowest BCUT2D eigenvalue weighted by Gasteiger charge is -1.94. The van der Waals surface area contributed by atoms with E-state index >= 15 is 0 Å². The van der Waals surface area contributed by atoms with E-state index < -0.39 is 0 Å². The average molecular weight is 194 g/mol. The Morgan fingerprint density at radius 2 is 2.31 bits per heavy atom. The number of fused-ring (bicyclic) bond motifs is 1. The van der Waals surface area contributed by atoms with Gasteiger partial charge in [0.05, 0.1) is 10.4 Å². The molecule has 66 valence electrons. The Hall–Kier alpha value is -1.09. The minimum Gasteiger partial charge on any atom is -0.279 e. The van der Waals surface area contributed by atoms with E-state index in [1.54, 1.807) is 6.20 Å². The first kappa shape index (κ1) is 7.33. The number of nitrogens with one attached hydrogen (secondary N) is 1. The molecule has 0 saturated heterocycles. The Morgan fingerprint density at radius 3 is 3.08 bits per heavy atom. The summed E-state index contributed by atoms with van der Waals surface area (Å²) < 4.78 is 0. The fourth-order valence-electron chi connectivity index (χ4n) is 1.60. The highest BCUT2D eigenvalue weighted by Gasteiger charge is 2.28. The third-order valence-corrected chi connectivity index (χ3v) is 2.73. The maximum Gasteiger partial charge on any atom is 0.182 e. The van der Waals surface area contributed by atoms with Crippen LogP contribution in [0.25, 0.3) is 11.0 Å². The number of nitrogens with zero attached hydrogens (tertiary/aromatic N) is 2. The second-order valence-corrected chi connectivity index (χ2v) is 3.81. The van der Waals surface area contributed by atoms with Crippen LogP contribution in [0.15, 0.2) is 12.3 Å². The van der Waals surface area contributed by atoms with Crippen molar-refractivity contribution in [1.82, 2.24) is 15.2 Å². The Balaban J connectivity index is 2.34. The maximum absolute atomic E-state index is 6.08. The first-order valence-corrected chi connectivity index (χ1v) is 4.72. The van der Waals surface area contributed by atoms with Crippen LogP contribution in [-0.2, 0) is 0 Å². The third-order valence-electron chi connectivity index (χ3n) is 2.42. The lowest BCUT2D eigenvalue weighted by atomic mass is 10.2. The van der Waals surface area contributed by atoms with Crippen LogP contribution in [0, 0.1) is 0 Å². The van der Waals surface area contributed by atoms with Crippen molar-refractivity contribution in [2.75, 3.05) is 0 Å². The molecule has 0 amide bonds. The molecule has 1 saturated carbocycles. The molecule has 0 spiro atoms. The topological polar surface area (TPSA) is 41.6 Å². The summed E-state index contributed by atoms with van der Waals surface area (Å²) in [5, 5.41) is 8.90. The summed E-state index contributed by atoms with van der Waals surface area (Å²) in [6, 6.07) is 1.81. The molecular weight excluding hydrogens is 186 g/mol. The summed E-state index contributed by atoms with van der Waals surface area (Å²) in [5.41, 5.74) is 1.89. The second-order valence-electron chi connectivity index (χ2n) is 3.40. The number of pyridine rings is 1. The van der Waals surface area contributed by atoms with E-state index in [4.69, 9.17) is 11.6 Å². The minimum atomic E-state index is 0.631. The Labute approximate surface area is 80.1 Å². The van der Waals surface area contributed by atoms with E-state index in [0.29, 0.717) is 5.92 Å². The van der Waals surface area contributed by atoms with Crippen molar-refractivity contribution in [2.45, 2.75) is 18.8 Å². The van der Waals surface area contributed by atoms with Crippen LogP contribution in [0.5, 0.6) is 0 Å². The average Bonchev–Trinajstić information content (AvgIpc) is 2.87. The zero-order chi connectivity index (χ0) is 8.84. The zero-order valence-electron chi connectivity index (χ0n) is 6.92. The van der Waals surface area contributed by atoms with Crippen molar-refractivity contribution in [2.24, 2.45) is 0 Å². The van der Waals surface area contributed by atoms with Crippen molar-refractivity contribution >= 4 is 22.6 Å². The highest BCUT2D eigenvalue weighted by Crippen LogP contribution is 2.43. The van der Waals surface area contributed by atoms with Crippen LogP contribution in [-0.4, -0.2) is 15.2 Å². The minimum absolute atomic E-state index is 0.631. The van der Waals surface area contributed by atoms with Gasteiger partial charge in [0.15, 0.2) is 5.65 Å². The highest BCUT2D eigenvalue weighted by atomic mass is 35.5. The summed E-state index contributed by atoms with van der Waals surface area (Å²) in [6.45, 7) is 0. The van der Waals surface area contributed by atoms with Gasteiger partial charge in [-0.3, -0.25) is 5.10 Å². The van der Waals surface area contributed by atoms with Crippen LogP contribution >= 0.6 is 11.6 Å². The van der Waals surface area contributed by atoms with Gasteiger partial charge in [-0.05, 0) is 18.9 Å². The second kappa shape index (κ2) is 2.45. The molecule has 2 heterocycles. The molecule has 1 aliphatic rings. The van der Waals surface area contributed by atoms with Gasteiger partial charge in [0.2, 0.25) is 0 Å². The molecule has 0 radical (unpaired) electrons. The van der Waals surface area contributed by atoms with Crippen molar-refractivity contribution in [1.29, 1.82) is 0 Å². The van der Waals surface area contributed by atoms with E-state index in [-0.39, 0.29) is 0 Å². The quantitative estimate of drug-likeness (QED) is 0.756. The molecule has 3 rings (SSSR count). The number of halogens is 1. The lowest BCUT2D eigenvalue weighted by molar-refractivity contribution is 0.974. The van der Waals surface area contributed by atoms with Crippen molar-refractivity contribution < 1.29 is 0 Å². The summed E-state index contributed by atoms with van der Waals surface area (Å²) in [4.78, 5) is 4.15. The number of aromatic nitrogens is 3. The van der Waals surface area contributed by atoms with Gasteiger partial charge in [-0.15, -0.1) is 0 Å². The third kappa shape index (κ3) is 1.04. The first-order valence-electron chi connectivity index (χ1n) is 4.35. The largest absolute Gasteiger partial charge is 0.279 e. The van der Waals surface area contributed by atoms with Crippen molar-refractivity contribution in [3.63, 3.8) is 0 Å². The number of hydrogen-bond donors (Lipinski definition) is 1. The molecular formula is C9H8ClN3. The summed E-state index contributed by atoms with van der Waals surface area (Å²) in [7, 11) is 0. The molecule has 0 aliphatic heterocycles. The first-order chi connectivity index (χ1) is 6.36. The van der Waals surface area contributed by atoms with Crippen LogP contribution < -0.4 is 0 Å². The highest BCUT2D eigenvalue weighted by molar-refractivity contribution is 6.35. The van der Waals surface area contributed by atoms with E-state index in [0.717, 1.165) is 21.7 Å². The standard InChI is InChI=1S/C9H8ClN3/c10-6-3-4-11-9-7(6)8(12-13-9)5-1-2-5/h3-5H,1-2H2,(H,11,12,13). The summed E-state index contributed by atoms with van der Waals surface area (Å²) >= 11 is 6.08. The number of H-pyrrole nitrogens is 1. The van der Waals surface area contributed by atoms with Gasteiger partial charge in [0, 0.05) is 17.8 Å². The van der Waals surface area contributed by atoms with Gasteiger partial charge >= 0.3 is 0 Å². The Kier molecular flexibility index (Phi) is 1.38. The van der Waals surface area contributed by atoms with Gasteiger partial charge in [-0.1, -0.05) is 11.6 Å². The number of hydrogen-bond acceptors (Lipinski definition) is 2. The fraction of sp³-hybridized carbons (Fsp3) is 0.333. The van der Waals surface area contributed by atoms with Crippen LogP contribution in [0.1, 0.15) is 24.5 Å². The molecule has 4 heteroatoms. The summed E-state index contributed by atoms with van der Waals surface area (Å²) in [6.07, 6.45) is 4.16. The van der Waals surface area contributed by atoms with Gasteiger partial charge in [-0.2, -0.15) is 5.10 Å².